The van der Waals surface area contributed by atoms with Gasteiger partial charge in [0.25, 0.3) is 5.91 Å². The van der Waals surface area contributed by atoms with Gasteiger partial charge in [-0.15, -0.1) is 0 Å². The van der Waals surface area contributed by atoms with E-state index in [4.69, 9.17) is 0 Å². The number of likely N-dealkylation sites (tertiary alicyclic amines) is 1. The lowest BCUT2D eigenvalue weighted by Gasteiger charge is -2.32. The molecule has 0 saturated carbocycles. The summed E-state index contributed by atoms with van der Waals surface area (Å²) in [5.74, 6) is -1.95. The summed E-state index contributed by atoms with van der Waals surface area (Å²) in [6.07, 6.45) is -2.20. The lowest BCUT2D eigenvalue weighted by molar-refractivity contribution is -0.163. The van der Waals surface area contributed by atoms with Crippen LogP contribution in [-0.4, -0.2) is 45.7 Å². The van der Waals surface area contributed by atoms with E-state index < -0.39 is 35.3 Å². The van der Waals surface area contributed by atoms with Crippen molar-refractivity contribution < 1.29 is 31.9 Å². The minimum absolute atomic E-state index is 0.0473. The molecule has 2 aromatic rings. The third kappa shape index (κ3) is 4.61. The SMILES string of the molecule is O=C1c2cc(F)c(C3CCN(Cc4ccc(C(F)(F)F)cc4)CC3)cc2CN1N1C(=O)CCCC1=O. The smallest absolute Gasteiger partial charge is 0.299 e. The zero-order valence-corrected chi connectivity index (χ0v) is 19.5. The molecule has 3 amide bonds. The largest absolute Gasteiger partial charge is 0.416 e. The fourth-order valence-corrected chi connectivity index (χ4v) is 5.28. The van der Waals surface area contributed by atoms with Gasteiger partial charge in [-0.25, -0.2) is 9.40 Å². The van der Waals surface area contributed by atoms with Gasteiger partial charge in [-0.2, -0.15) is 18.2 Å². The molecule has 2 aromatic carbocycles. The van der Waals surface area contributed by atoms with Crippen molar-refractivity contribution in [1.29, 1.82) is 0 Å². The highest BCUT2D eigenvalue weighted by Crippen LogP contribution is 2.36. The zero-order valence-electron chi connectivity index (χ0n) is 19.5. The van der Waals surface area contributed by atoms with Crippen molar-refractivity contribution in [1.82, 2.24) is 14.9 Å². The Morgan fingerprint density at radius 3 is 2.17 bits per heavy atom. The first kappa shape index (κ1) is 24.4. The normalized spacial score (nSPS) is 19.8. The molecule has 36 heavy (non-hydrogen) atoms. The van der Waals surface area contributed by atoms with Gasteiger partial charge in [0, 0.05) is 24.9 Å². The van der Waals surface area contributed by atoms with E-state index >= 15 is 4.39 Å². The lowest BCUT2D eigenvalue weighted by atomic mass is 9.87. The van der Waals surface area contributed by atoms with Crippen LogP contribution in [-0.2, 0) is 28.9 Å². The highest BCUT2D eigenvalue weighted by atomic mass is 19.4. The third-order valence-corrected chi connectivity index (χ3v) is 7.22. The Morgan fingerprint density at radius 1 is 0.917 bits per heavy atom. The highest BCUT2D eigenvalue weighted by Gasteiger charge is 2.40. The van der Waals surface area contributed by atoms with E-state index in [9.17, 15) is 27.6 Å². The van der Waals surface area contributed by atoms with Gasteiger partial charge >= 0.3 is 6.18 Å². The Labute approximate surface area is 205 Å². The van der Waals surface area contributed by atoms with Crippen LogP contribution in [0.25, 0.3) is 0 Å². The second-order valence-corrected chi connectivity index (χ2v) is 9.59. The number of rotatable bonds is 4. The van der Waals surface area contributed by atoms with Gasteiger partial charge in [-0.3, -0.25) is 19.3 Å². The van der Waals surface area contributed by atoms with Gasteiger partial charge in [0.05, 0.1) is 12.1 Å². The number of imide groups is 1. The predicted octanol–water partition coefficient (Wildman–Crippen LogP) is 4.63. The predicted molar refractivity (Wildman–Crippen MR) is 121 cm³/mol. The summed E-state index contributed by atoms with van der Waals surface area (Å²) in [5, 5.41) is 2.02. The Bertz CT molecular complexity index is 1190. The lowest BCUT2D eigenvalue weighted by Crippen LogP contribution is -2.51. The molecule has 3 aliphatic rings. The number of piperidine rings is 2. The minimum atomic E-state index is -4.36. The average molecular weight is 503 g/mol. The summed E-state index contributed by atoms with van der Waals surface area (Å²) in [6, 6.07) is 8.01. The van der Waals surface area contributed by atoms with Crippen molar-refractivity contribution in [2.45, 2.75) is 57.3 Å². The summed E-state index contributed by atoms with van der Waals surface area (Å²) in [6.45, 7) is 1.87. The second-order valence-electron chi connectivity index (χ2n) is 9.59. The Hall–Kier alpha value is -3.27. The Balaban J connectivity index is 1.24. The van der Waals surface area contributed by atoms with Crippen LogP contribution in [0, 0.1) is 5.82 Å². The number of hydrogen-bond donors (Lipinski definition) is 0. The van der Waals surface area contributed by atoms with Crippen LogP contribution in [0.1, 0.15) is 70.6 Å². The van der Waals surface area contributed by atoms with Crippen LogP contribution in [0.3, 0.4) is 0 Å². The maximum atomic E-state index is 15.1. The molecular weight excluding hydrogens is 478 g/mol. The number of halogens is 4. The van der Waals surface area contributed by atoms with Crippen molar-refractivity contribution >= 4 is 17.7 Å². The fraction of sp³-hybridized carbons (Fsp3) is 0.423. The molecule has 2 fully saturated rings. The van der Waals surface area contributed by atoms with E-state index in [1.54, 1.807) is 6.07 Å². The van der Waals surface area contributed by atoms with Crippen molar-refractivity contribution in [3.05, 3.63) is 70.0 Å². The topological polar surface area (TPSA) is 60.9 Å². The van der Waals surface area contributed by atoms with Crippen LogP contribution in [0.15, 0.2) is 36.4 Å². The summed E-state index contributed by atoms with van der Waals surface area (Å²) >= 11 is 0. The van der Waals surface area contributed by atoms with Gasteiger partial charge in [-0.05, 0) is 79.2 Å². The van der Waals surface area contributed by atoms with Crippen molar-refractivity contribution in [2.24, 2.45) is 0 Å². The van der Waals surface area contributed by atoms with Gasteiger partial charge in [-0.1, -0.05) is 12.1 Å². The maximum Gasteiger partial charge on any atom is 0.416 e. The number of hydrogen-bond acceptors (Lipinski definition) is 4. The molecule has 3 heterocycles. The molecule has 0 atom stereocenters. The molecule has 6 nitrogen and oxygen atoms in total. The molecule has 10 heteroatoms. The zero-order chi connectivity index (χ0) is 25.6. The van der Waals surface area contributed by atoms with Crippen molar-refractivity contribution in [3.8, 4) is 0 Å². The molecule has 0 N–H and O–H groups in total. The molecule has 0 bridgehead atoms. The molecule has 190 valence electrons. The molecule has 5 rings (SSSR count). The summed E-state index contributed by atoms with van der Waals surface area (Å²) in [4.78, 5) is 39.5. The summed E-state index contributed by atoms with van der Waals surface area (Å²) in [5.41, 5.74) is 1.37. The number of fused-ring (bicyclic) bond motifs is 1. The van der Waals surface area contributed by atoms with Crippen LogP contribution >= 0.6 is 0 Å². The van der Waals surface area contributed by atoms with Gasteiger partial charge in [0.1, 0.15) is 5.82 Å². The first-order chi connectivity index (χ1) is 17.1. The van der Waals surface area contributed by atoms with Gasteiger partial charge in [0.2, 0.25) is 11.8 Å². The first-order valence-corrected chi connectivity index (χ1v) is 12.0. The highest BCUT2D eigenvalue weighted by molar-refractivity contribution is 6.04. The summed E-state index contributed by atoms with van der Waals surface area (Å²) < 4.78 is 53.4. The first-order valence-electron chi connectivity index (χ1n) is 12.0. The number of benzene rings is 2. The second kappa shape index (κ2) is 9.31. The molecule has 3 aliphatic heterocycles. The van der Waals surface area contributed by atoms with Crippen LogP contribution < -0.4 is 0 Å². The standard InChI is InChI=1S/C26H25F4N3O3/c27-22-13-21-18(15-32(25(21)36)33-23(34)2-1-3-24(33)35)12-20(22)17-8-10-31(11-9-17)14-16-4-6-19(7-5-16)26(28,29)30/h4-7,12-13,17H,1-3,8-11,14-15H2. The monoisotopic (exact) mass is 503 g/mol. The molecule has 0 radical (unpaired) electrons. The molecule has 0 spiro atoms. The van der Waals surface area contributed by atoms with E-state index in [1.807, 2.05) is 0 Å². The van der Waals surface area contributed by atoms with E-state index in [0.717, 1.165) is 27.7 Å². The molecular formula is C26H25F4N3O3. The number of amides is 3. The molecule has 0 unspecified atom stereocenters. The summed E-state index contributed by atoms with van der Waals surface area (Å²) in [7, 11) is 0. The number of carbonyl (C=O) groups excluding carboxylic acids is 3. The molecule has 0 aliphatic carbocycles. The molecule has 0 aromatic heterocycles. The number of hydrazine groups is 1. The Morgan fingerprint density at radius 2 is 1.56 bits per heavy atom. The Kier molecular flexibility index (Phi) is 6.32. The third-order valence-electron chi connectivity index (χ3n) is 7.22. The minimum Gasteiger partial charge on any atom is -0.299 e. The van der Waals surface area contributed by atoms with Gasteiger partial charge in [0.15, 0.2) is 0 Å². The van der Waals surface area contributed by atoms with Crippen molar-refractivity contribution in [3.63, 3.8) is 0 Å². The fourth-order valence-electron chi connectivity index (χ4n) is 5.28. The van der Waals surface area contributed by atoms with E-state index in [2.05, 4.69) is 4.90 Å². The van der Waals surface area contributed by atoms with Crippen LogP contribution in [0.5, 0.6) is 0 Å². The van der Waals surface area contributed by atoms with E-state index in [1.165, 1.54) is 18.2 Å². The van der Waals surface area contributed by atoms with Crippen LogP contribution in [0.4, 0.5) is 17.6 Å². The average Bonchev–Trinajstić information content (AvgIpc) is 3.14. The van der Waals surface area contributed by atoms with Crippen LogP contribution in [0.2, 0.25) is 0 Å². The van der Waals surface area contributed by atoms with Crippen molar-refractivity contribution in [2.75, 3.05) is 13.1 Å². The van der Waals surface area contributed by atoms with E-state index in [0.29, 0.717) is 50.0 Å². The number of carbonyl (C=O) groups is 3. The van der Waals surface area contributed by atoms with Gasteiger partial charge < -0.3 is 0 Å². The molecule has 2 saturated heterocycles. The number of alkyl halides is 3. The maximum absolute atomic E-state index is 15.1. The number of nitrogens with zero attached hydrogens (tertiary/aromatic N) is 3. The quantitative estimate of drug-likeness (QED) is 0.451. The van der Waals surface area contributed by atoms with E-state index in [-0.39, 0.29) is 30.9 Å².